The summed E-state index contributed by atoms with van der Waals surface area (Å²) in [5.74, 6) is -0.139. The lowest BCUT2D eigenvalue weighted by Gasteiger charge is -2.06. The number of hydrogen-bond donors (Lipinski definition) is 1. The molecular weight excluding hydrogens is 341 g/mol. The zero-order valence-corrected chi connectivity index (χ0v) is 14.7. The van der Waals surface area contributed by atoms with Gasteiger partial charge in [0.05, 0.1) is 16.0 Å². The van der Waals surface area contributed by atoms with Crippen LogP contribution < -0.4 is 10.9 Å². The lowest BCUT2D eigenvalue weighted by atomic mass is 10.2. The molecule has 1 N–H and O–H groups in total. The van der Waals surface area contributed by atoms with Crippen LogP contribution in [0.4, 0.5) is 10.1 Å². The van der Waals surface area contributed by atoms with Crippen LogP contribution in [0.15, 0.2) is 23.0 Å². The fourth-order valence-electron chi connectivity index (χ4n) is 3.21. The van der Waals surface area contributed by atoms with Crippen molar-refractivity contribution in [2.75, 3.05) is 5.32 Å². The van der Waals surface area contributed by atoms with Gasteiger partial charge in [-0.15, -0.1) is 11.3 Å². The Hall–Kier alpha value is -2.54. The van der Waals surface area contributed by atoms with Gasteiger partial charge in [-0.05, 0) is 43.5 Å². The van der Waals surface area contributed by atoms with Gasteiger partial charge in [0.1, 0.15) is 16.5 Å². The number of carbonyl (C=O) groups is 1. The van der Waals surface area contributed by atoms with Crippen molar-refractivity contribution in [2.45, 2.75) is 33.2 Å². The molecule has 0 radical (unpaired) electrons. The molecule has 0 spiro atoms. The summed E-state index contributed by atoms with van der Waals surface area (Å²) in [5.41, 5.74) is 1.49. The molecule has 1 aliphatic heterocycles. The van der Waals surface area contributed by atoms with Gasteiger partial charge in [0.25, 0.3) is 11.5 Å². The van der Waals surface area contributed by atoms with Crippen molar-refractivity contribution < 1.29 is 9.18 Å². The van der Waals surface area contributed by atoms with Crippen molar-refractivity contribution in [1.82, 2.24) is 9.55 Å². The summed E-state index contributed by atoms with van der Waals surface area (Å²) in [7, 11) is 0. The highest BCUT2D eigenvalue weighted by atomic mass is 32.1. The summed E-state index contributed by atoms with van der Waals surface area (Å²) in [6, 6.07) is 4.54. The van der Waals surface area contributed by atoms with Crippen LogP contribution in [0.3, 0.4) is 0 Å². The zero-order chi connectivity index (χ0) is 17.7. The molecule has 0 fully saturated rings. The van der Waals surface area contributed by atoms with E-state index in [4.69, 9.17) is 0 Å². The van der Waals surface area contributed by atoms with E-state index in [0.717, 1.165) is 24.2 Å². The van der Waals surface area contributed by atoms with E-state index in [2.05, 4.69) is 10.3 Å². The van der Waals surface area contributed by atoms with Crippen LogP contribution in [-0.4, -0.2) is 15.5 Å². The number of nitrogens with one attached hydrogen (secondary N) is 1. The molecule has 3 heterocycles. The zero-order valence-electron chi connectivity index (χ0n) is 13.9. The molecule has 4 rings (SSSR count). The molecule has 128 valence electrons. The molecule has 0 bridgehead atoms. The second kappa shape index (κ2) is 5.77. The van der Waals surface area contributed by atoms with Gasteiger partial charge in [-0.25, -0.2) is 9.37 Å². The van der Waals surface area contributed by atoms with Crippen LogP contribution in [0.25, 0.3) is 10.2 Å². The van der Waals surface area contributed by atoms with Gasteiger partial charge in [0.15, 0.2) is 0 Å². The van der Waals surface area contributed by atoms with E-state index >= 15 is 0 Å². The number of amides is 1. The van der Waals surface area contributed by atoms with Crippen LogP contribution in [0.5, 0.6) is 0 Å². The third kappa shape index (κ3) is 2.55. The number of halogens is 1. The average molecular weight is 357 g/mol. The van der Waals surface area contributed by atoms with Crippen molar-refractivity contribution in [1.29, 1.82) is 0 Å². The maximum absolute atomic E-state index is 13.9. The molecule has 25 heavy (non-hydrogen) atoms. The highest BCUT2D eigenvalue weighted by Crippen LogP contribution is 2.29. The molecule has 0 unspecified atom stereocenters. The second-order valence-corrected chi connectivity index (χ2v) is 7.26. The van der Waals surface area contributed by atoms with E-state index in [1.807, 2.05) is 6.92 Å². The predicted molar refractivity (Wildman–Crippen MR) is 96.0 cm³/mol. The topological polar surface area (TPSA) is 64.0 Å². The number of benzene rings is 1. The van der Waals surface area contributed by atoms with E-state index < -0.39 is 11.7 Å². The fraction of sp³-hybridized carbons (Fsp3) is 0.278. The van der Waals surface area contributed by atoms with Crippen LogP contribution in [0.2, 0.25) is 0 Å². The molecule has 3 aromatic rings. The highest BCUT2D eigenvalue weighted by Gasteiger charge is 2.23. The quantitative estimate of drug-likeness (QED) is 0.764. The Balaban J connectivity index is 1.78. The smallest absolute Gasteiger partial charge is 0.266 e. The molecule has 0 atom stereocenters. The van der Waals surface area contributed by atoms with Crippen molar-refractivity contribution in [3.63, 3.8) is 0 Å². The van der Waals surface area contributed by atoms with E-state index in [0.29, 0.717) is 27.2 Å². The number of hydrogen-bond acceptors (Lipinski definition) is 4. The van der Waals surface area contributed by atoms with E-state index in [9.17, 15) is 14.0 Å². The molecule has 1 aliphatic rings. The Bertz CT molecular complexity index is 1080. The monoisotopic (exact) mass is 357 g/mol. The predicted octanol–water partition coefficient (Wildman–Crippen LogP) is 3.41. The first-order chi connectivity index (χ1) is 12.0. The Kier molecular flexibility index (Phi) is 3.68. The van der Waals surface area contributed by atoms with Gasteiger partial charge >= 0.3 is 0 Å². The number of rotatable bonds is 2. The second-order valence-electron chi connectivity index (χ2n) is 6.26. The molecule has 7 heteroatoms. The Morgan fingerprint density at radius 1 is 1.36 bits per heavy atom. The third-order valence-electron chi connectivity index (χ3n) is 4.49. The first-order valence-electron chi connectivity index (χ1n) is 8.06. The number of nitrogens with zero attached hydrogens (tertiary/aromatic N) is 2. The number of aryl methyl sites for hydroxylation is 3. The number of fused-ring (bicyclic) bond motifs is 2. The van der Waals surface area contributed by atoms with Crippen LogP contribution in [0.1, 0.15) is 33.0 Å². The standard InChI is InChI=1S/C18H16FN3O2S/c1-9-5-6-11(19)12(8-9)20-16(23)15-10(2)14-17(25-15)21-13-4-3-7-22(13)18(14)24/h5-6,8H,3-4,7H2,1-2H3,(H,20,23). The molecule has 2 aromatic heterocycles. The van der Waals surface area contributed by atoms with Gasteiger partial charge < -0.3 is 5.32 Å². The maximum Gasteiger partial charge on any atom is 0.266 e. The lowest BCUT2D eigenvalue weighted by Crippen LogP contribution is -2.20. The summed E-state index contributed by atoms with van der Waals surface area (Å²) in [4.78, 5) is 30.8. The highest BCUT2D eigenvalue weighted by molar-refractivity contribution is 7.20. The van der Waals surface area contributed by atoms with Gasteiger partial charge in [0.2, 0.25) is 0 Å². The van der Waals surface area contributed by atoms with E-state index in [-0.39, 0.29) is 11.2 Å². The molecule has 1 aromatic carbocycles. The third-order valence-corrected chi connectivity index (χ3v) is 5.67. The summed E-state index contributed by atoms with van der Waals surface area (Å²) in [6.45, 7) is 4.24. The van der Waals surface area contributed by atoms with Gasteiger partial charge in [-0.3, -0.25) is 14.2 Å². The Morgan fingerprint density at radius 2 is 2.16 bits per heavy atom. The number of carbonyl (C=O) groups excluding carboxylic acids is 1. The van der Waals surface area contributed by atoms with Crippen molar-refractivity contribution in [2.24, 2.45) is 0 Å². The SMILES string of the molecule is Cc1ccc(F)c(NC(=O)c2sc3nc4n(c(=O)c3c2C)CCC4)c1. The summed E-state index contributed by atoms with van der Waals surface area (Å²) < 4.78 is 15.6. The number of anilines is 1. The molecule has 0 saturated heterocycles. The average Bonchev–Trinajstić information content (AvgIpc) is 3.16. The Morgan fingerprint density at radius 3 is 2.96 bits per heavy atom. The van der Waals surface area contributed by atoms with Crippen LogP contribution in [0, 0.1) is 19.7 Å². The lowest BCUT2D eigenvalue weighted by molar-refractivity contribution is 0.102. The number of thiophene rings is 1. The van der Waals surface area contributed by atoms with Crippen molar-refractivity contribution in [3.05, 3.63) is 56.2 Å². The number of aromatic nitrogens is 2. The minimum absolute atomic E-state index is 0.0907. The summed E-state index contributed by atoms with van der Waals surface area (Å²) >= 11 is 1.18. The minimum Gasteiger partial charge on any atom is -0.319 e. The minimum atomic E-state index is -0.491. The van der Waals surface area contributed by atoms with E-state index in [1.165, 1.54) is 17.4 Å². The fourth-order valence-corrected chi connectivity index (χ4v) is 4.29. The van der Waals surface area contributed by atoms with Gasteiger partial charge in [-0.1, -0.05) is 6.07 Å². The normalized spacial score (nSPS) is 13.2. The first kappa shape index (κ1) is 16.0. The summed E-state index contributed by atoms with van der Waals surface area (Å²) in [6.07, 6.45) is 1.69. The first-order valence-corrected chi connectivity index (χ1v) is 8.87. The molecule has 1 amide bonds. The molecular formula is C18H16FN3O2S. The molecule has 0 saturated carbocycles. The van der Waals surface area contributed by atoms with Gasteiger partial charge in [-0.2, -0.15) is 0 Å². The van der Waals surface area contributed by atoms with Crippen molar-refractivity contribution >= 4 is 33.1 Å². The molecule has 5 nitrogen and oxygen atoms in total. The van der Waals surface area contributed by atoms with Crippen molar-refractivity contribution in [3.8, 4) is 0 Å². The van der Waals surface area contributed by atoms with Crippen LogP contribution >= 0.6 is 11.3 Å². The maximum atomic E-state index is 13.9. The largest absolute Gasteiger partial charge is 0.319 e. The Labute approximate surface area is 147 Å². The van der Waals surface area contributed by atoms with Gasteiger partial charge in [0, 0.05) is 13.0 Å². The summed E-state index contributed by atoms with van der Waals surface area (Å²) in [5, 5.41) is 3.10. The van der Waals surface area contributed by atoms with E-state index in [1.54, 1.807) is 23.6 Å². The van der Waals surface area contributed by atoms with Crippen LogP contribution in [-0.2, 0) is 13.0 Å². The molecule has 0 aliphatic carbocycles.